The van der Waals surface area contributed by atoms with Crippen LogP contribution in [0.1, 0.15) is 24.3 Å². The third-order valence-electron chi connectivity index (χ3n) is 2.76. The van der Waals surface area contributed by atoms with Crippen LogP contribution in [0.4, 0.5) is 5.82 Å². The molecule has 0 aliphatic heterocycles. The van der Waals surface area contributed by atoms with Gasteiger partial charge in [-0.15, -0.1) is 0 Å². The van der Waals surface area contributed by atoms with Crippen LogP contribution in [0.5, 0.6) is 0 Å². The van der Waals surface area contributed by atoms with Gasteiger partial charge in [0, 0.05) is 13.1 Å². The van der Waals surface area contributed by atoms with E-state index in [4.69, 9.17) is 5.11 Å². The Bertz CT molecular complexity index is 505. The molecule has 0 atom stereocenters. The van der Waals surface area contributed by atoms with E-state index in [1.807, 2.05) is 0 Å². The van der Waals surface area contributed by atoms with Gasteiger partial charge in [0.1, 0.15) is 5.54 Å². The fraction of sp³-hybridized carbons (Fsp3) is 0.400. The van der Waals surface area contributed by atoms with Crippen LogP contribution in [0.2, 0.25) is 0 Å². The molecule has 0 fully saturated rings. The molecule has 0 bridgehead atoms. The number of nitrogens with zero attached hydrogens (tertiary/aromatic N) is 2. The van der Waals surface area contributed by atoms with E-state index < -0.39 is 22.3 Å². The number of aromatic amines is 1. The van der Waals surface area contributed by atoms with Crippen molar-refractivity contribution in [2.24, 2.45) is 0 Å². The minimum atomic E-state index is -1.41. The van der Waals surface area contributed by atoms with Gasteiger partial charge in [-0.05, 0) is 24.8 Å². The quantitative estimate of drug-likeness (QED) is 0.611. The second-order valence-corrected chi connectivity index (χ2v) is 4.24. The third-order valence-corrected chi connectivity index (χ3v) is 2.76. The molecule has 0 saturated carbocycles. The number of nitrogens with one attached hydrogen (secondary N) is 1. The molecular formula is C10H13N3O5. The Morgan fingerprint density at radius 2 is 2.00 bits per heavy atom. The summed E-state index contributed by atoms with van der Waals surface area (Å²) >= 11 is 0. The smallest absolute Gasteiger partial charge is 0.329 e. The minimum Gasteiger partial charge on any atom is -0.480 e. The molecule has 0 spiro atoms. The van der Waals surface area contributed by atoms with Crippen molar-refractivity contribution in [2.45, 2.75) is 19.4 Å². The van der Waals surface area contributed by atoms with Crippen molar-refractivity contribution in [3.8, 4) is 0 Å². The predicted octanol–water partition coefficient (Wildman–Crippen LogP) is 0.858. The summed E-state index contributed by atoms with van der Waals surface area (Å²) in [5.74, 6) is -2.12. The lowest BCUT2D eigenvalue weighted by atomic mass is 10.0. The van der Waals surface area contributed by atoms with Crippen LogP contribution in [0, 0.1) is 10.1 Å². The van der Waals surface area contributed by atoms with Gasteiger partial charge in [0.25, 0.3) is 5.91 Å². The number of carboxylic acids is 1. The maximum atomic E-state index is 11.9. The second kappa shape index (κ2) is 4.47. The Kier molecular flexibility index (Phi) is 3.40. The Labute approximate surface area is 102 Å². The second-order valence-electron chi connectivity index (χ2n) is 4.24. The highest BCUT2D eigenvalue weighted by atomic mass is 16.6. The normalized spacial score (nSPS) is 11.1. The predicted molar refractivity (Wildman–Crippen MR) is 61.3 cm³/mol. The average molecular weight is 255 g/mol. The highest BCUT2D eigenvalue weighted by Crippen LogP contribution is 2.17. The van der Waals surface area contributed by atoms with Crippen LogP contribution in [0.25, 0.3) is 0 Å². The van der Waals surface area contributed by atoms with Crippen molar-refractivity contribution in [3.63, 3.8) is 0 Å². The van der Waals surface area contributed by atoms with Crippen molar-refractivity contribution in [1.82, 2.24) is 9.88 Å². The van der Waals surface area contributed by atoms with Crippen molar-refractivity contribution in [2.75, 3.05) is 7.05 Å². The SMILES string of the molecule is CN(C(=O)c1ccc([N+](=O)[O-])[nH]1)C(C)(C)C(=O)O. The van der Waals surface area contributed by atoms with Crippen LogP contribution >= 0.6 is 0 Å². The maximum Gasteiger partial charge on any atom is 0.329 e. The first kappa shape index (κ1) is 13.7. The van der Waals surface area contributed by atoms with Crippen molar-refractivity contribution >= 4 is 17.7 Å². The lowest BCUT2D eigenvalue weighted by Crippen LogP contribution is -2.50. The number of rotatable bonds is 4. The van der Waals surface area contributed by atoms with Gasteiger partial charge in [0.2, 0.25) is 0 Å². The maximum absolute atomic E-state index is 11.9. The Morgan fingerprint density at radius 1 is 1.44 bits per heavy atom. The molecule has 8 nitrogen and oxygen atoms in total. The number of nitro groups is 1. The van der Waals surface area contributed by atoms with Gasteiger partial charge in [-0.3, -0.25) is 4.79 Å². The Balaban J connectivity index is 3.00. The van der Waals surface area contributed by atoms with Crippen LogP contribution in [0.3, 0.4) is 0 Å². The Hall–Kier alpha value is -2.38. The summed E-state index contributed by atoms with van der Waals surface area (Å²) in [6, 6.07) is 2.39. The molecule has 0 aliphatic rings. The average Bonchev–Trinajstić information content (AvgIpc) is 2.76. The van der Waals surface area contributed by atoms with E-state index in [0.29, 0.717) is 0 Å². The summed E-state index contributed by atoms with van der Waals surface area (Å²) in [4.78, 5) is 36.1. The van der Waals surface area contributed by atoms with Gasteiger partial charge in [-0.1, -0.05) is 0 Å². The van der Waals surface area contributed by atoms with Crippen LogP contribution in [-0.2, 0) is 4.79 Å². The molecule has 0 aliphatic carbocycles. The summed E-state index contributed by atoms with van der Waals surface area (Å²) in [5.41, 5.74) is -1.43. The number of hydrogen-bond donors (Lipinski definition) is 2. The minimum absolute atomic E-state index is 0.0291. The molecule has 1 amide bonds. The molecule has 0 saturated heterocycles. The van der Waals surface area contributed by atoms with E-state index in [-0.39, 0.29) is 11.5 Å². The third kappa shape index (κ3) is 2.31. The van der Waals surface area contributed by atoms with E-state index >= 15 is 0 Å². The summed E-state index contributed by atoms with van der Waals surface area (Å²) in [5, 5.41) is 19.5. The van der Waals surface area contributed by atoms with Crippen LogP contribution < -0.4 is 0 Å². The highest BCUT2D eigenvalue weighted by Gasteiger charge is 2.37. The summed E-state index contributed by atoms with van der Waals surface area (Å²) in [6.45, 7) is 2.73. The van der Waals surface area contributed by atoms with Gasteiger partial charge >= 0.3 is 11.8 Å². The fourth-order valence-electron chi connectivity index (χ4n) is 1.19. The Morgan fingerprint density at radius 3 is 2.39 bits per heavy atom. The van der Waals surface area contributed by atoms with Crippen molar-refractivity contribution in [3.05, 3.63) is 27.9 Å². The largest absolute Gasteiger partial charge is 0.480 e. The number of H-pyrrole nitrogens is 1. The molecule has 1 rings (SSSR count). The molecule has 2 N–H and O–H groups in total. The molecular weight excluding hydrogens is 242 g/mol. The van der Waals surface area contributed by atoms with Gasteiger partial charge in [0.15, 0.2) is 5.69 Å². The zero-order chi connectivity index (χ0) is 14.1. The van der Waals surface area contributed by atoms with Crippen molar-refractivity contribution in [1.29, 1.82) is 0 Å². The number of amides is 1. The van der Waals surface area contributed by atoms with Gasteiger partial charge < -0.3 is 20.1 Å². The van der Waals surface area contributed by atoms with E-state index in [9.17, 15) is 19.7 Å². The highest BCUT2D eigenvalue weighted by molar-refractivity contribution is 5.96. The molecule has 1 aromatic rings. The van der Waals surface area contributed by atoms with E-state index in [0.717, 1.165) is 11.0 Å². The summed E-state index contributed by atoms with van der Waals surface area (Å²) in [7, 11) is 1.32. The summed E-state index contributed by atoms with van der Waals surface area (Å²) in [6.07, 6.45) is 0. The number of aromatic nitrogens is 1. The van der Waals surface area contributed by atoms with E-state index in [1.54, 1.807) is 0 Å². The number of hydrogen-bond acceptors (Lipinski definition) is 4. The van der Waals surface area contributed by atoms with Crippen LogP contribution in [-0.4, -0.2) is 44.4 Å². The molecule has 18 heavy (non-hydrogen) atoms. The van der Waals surface area contributed by atoms with Gasteiger partial charge in [0.05, 0.1) is 0 Å². The first-order valence-electron chi connectivity index (χ1n) is 5.03. The molecule has 0 radical (unpaired) electrons. The van der Waals surface area contributed by atoms with Gasteiger partial charge in [-0.25, -0.2) is 9.78 Å². The molecule has 8 heteroatoms. The summed E-state index contributed by atoms with van der Waals surface area (Å²) < 4.78 is 0. The lowest BCUT2D eigenvalue weighted by molar-refractivity contribution is -0.389. The molecule has 0 aromatic carbocycles. The van der Waals surface area contributed by atoms with E-state index in [2.05, 4.69) is 4.98 Å². The zero-order valence-electron chi connectivity index (χ0n) is 10.1. The molecule has 98 valence electrons. The van der Waals surface area contributed by atoms with Gasteiger partial charge in [-0.2, -0.15) is 0 Å². The monoisotopic (exact) mass is 255 g/mol. The molecule has 1 aromatic heterocycles. The molecule has 0 unspecified atom stereocenters. The zero-order valence-corrected chi connectivity index (χ0v) is 10.1. The first-order valence-corrected chi connectivity index (χ1v) is 5.03. The standard InChI is InChI=1S/C10H13N3O5/c1-10(2,9(15)16)12(3)8(14)6-4-5-7(11-6)13(17)18/h4-5,11H,1-3H3,(H,15,16). The van der Waals surface area contributed by atoms with Crippen molar-refractivity contribution < 1.29 is 19.6 Å². The van der Waals surface area contributed by atoms with E-state index in [1.165, 1.54) is 27.0 Å². The number of carbonyl (C=O) groups is 2. The lowest BCUT2D eigenvalue weighted by Gasteiger charge is -2.30. The number of carboxylic acid groups (broad SMARTS) is 1. The first-order chi connectivity index (χ1) is 8.17. The fourth-order valence-corrected chi connectivity index (χ4v) is 1.19. The van der Waals surface area contributed by atoms with Crippen LogP contribution in [0.15, 0.2) is 12.1 Å². The number of carbonyl (C=O) groups excluding carboxylic acids is 1. The topological polar surface area (TPSA) is 117 Å². The number of aliphatic carboxylic acids is 1. The number of likely N-dealkylation sites (N-methyl/N-ethyl adjacent to an activating group) is 1. The molecule has 1 heterocycles.